The third-order valence-corrected chi connectivity index (χ3v) is 7.93. The van der Waals surface area contributed by atoms with Gasteiger partial charge in [0.15, 0.2) is 0 Å². The van der Waals surface area contributed by atoms with Crippen molar-refractivity contribution in [2.45, 2.75) is 117 Å². The fourth-order valence-corrected chi connectivity index (χ4v) is 4.89. The van der Waals surface area contributed by atoms with Gasteiger partial charge < -0.3 is 52.1 Å². The van der Waals surface area contributed by atoms with Gasteiger partial charge in [0.05, 0.1) is 119 Å². The number of unbranched alkanes of at least 4 members (excludes halogenated alkanes) is 12. The van der Waals surface area contributed by atoms with Crippen molar-refractivity contribution < 1.29 is 61.7 Å². The van der Waals surface area contributed by atoms with E-state index in [0.29, 0.717) is 132 Å². The Balaban J connectivity index is 3.14. The minimum Gasteiger partial charge on any atom is -0.463 e. The third-order valence-electron chi connectivity index (χ3n) is 7.93. The number of rotatable bonds is 46. The van der Waals surface area contributed by atoms with Gasteiger partial charge in [0.2, 0.25) is 0 Å². The molecule has 0 rings (SSSR count). The van der Waals surface area contributed by atoms with Crippen LogP contribution in [0.1, 0.15) is 117 Å². The van der Waals surface area contributed by atoms with E-state index < -0.39 is 0 Å². The van der Waals surface area contributed by atoms with Crippen molar-refractivity contribution in [3.05, 3.63) is 0 Å². The molecule has 53 heavy (non-hydrogen) atoms. The summed E-state index contributed by atoms with van der Waals surface area (Å²) in [4.78, 5) is 23.4. The minimum atomic E-state index is -0.142. The van der Waals surface area contributed by atoms with E-state index >= 15 is 0 Å². The van der Waals surface area contributed by atoms with E-state index in [1.54, 1.807) is 0 Å². The Morgan fingerprint density at radius 2 is 0.453 bits per heavy atom. The van der Waals surface area contributed by atoms with Gasteiger partial charge in [-0.2, -0.15) is 0 Å². The van der Waals surface area contributed by atoms with Gasteiger partial charge in [-0.1, -0.05) is 90.9 Å². The molecular weight excluding hydrogens is 688 g/mol. The lowest BCUT2D eigenvalue weighted by molar-refractivity contribution is -0.146. The second kappa shape index (κ2) is 46.7. The maximum atomic E-state index is 11.7. The maximum Gasteiger partial charge on any atom is 0.305 e. The Labute approximate surface area is 322 Å². The summed E-state index contributed by atoms with van der Waals surface area (Å²) < 4.78 is 59.7. The molecule has 0 saturated heterocycles. The van der Waals surface area contributed by atoms with Crippen LogP contribution in [0.25, 0.3) is 0 Å². The molecule has 0 bridgehead atoms. The van der Waals surface area contributed by atoms with Crippen molar-refractivity contribution in [3.63, 3.8) is 0 Å². The molecule has 0 unspecified atom stereocenters. The number of hydrogen-bond acceptors (Lipinski definition) is 13. The van der Waals surface area contributed by atoms with Crippen LogP contribution in [0.15, 0.2) is 0 Å². The first kappa shape index (κ1) is 51.6. The van der Waals surface area contributed by atoms with E-state index in [9.17, 15) is 9.59 Å². The molecule has 0 aliphatic rings. The summed E-state index contributed by atoms with van der Waals surface area (Å²) in [6.45, 7) is 13.5. The van der Waals surface area contributed by atoms with E-state index in [1.165, 1.54) is 64.2 Å². The molecule has 316 valence electrons. The van der Waals surface area contributed by atoms with Crippen LogP contribution in [0.5, 0.6) is 0 Å². The van der Waals surface area contributed by atoms with Gasteiger partial charge in [0.1, 0.15) is 13.2 Å². The second-order valence-electron chi connectivity index (χ2n) is 12.7. The summed E-state index contributed by atoms with van der Waals surface area (Å²) in [5.41, 5.74) is 0. The fourth-order valence-electron chi connectivity index (χ4n) is 4.89. The summed E-state index contributed by atoms with van der Waals surface area (Å²) >= 11 is 0. The second-order valence-corrected chi connectivity index (χ2v) is 12.7. The lowest BCUT2D eigenvalue weighted by atomic mass is 10.1. The Morgan fingerprint density at radius 3 is 0.679 bits per heavy atom. The van der Waals surface area contributed by atoms with Crippen molar-refractivity contribution in [1.82, 2.24) is 0 Å². The first-order chi connectivity index (χ1) is 26.2. The molecule has 0 aliphatic heterocycles. The summed E-state index contributed by atoms with van der Waals surface area (Å²) in [6.07, 6.45) is 17.6. The number of hydrogen-bond donors (Lipinski definition) is 0. The van der Waals surface area contributed by atoms with Gasteiger partial charge in [0, 0.05) is 12.8 Å². The molecule has 13 heteroatoms. The van der Waals surface area contributed by atoms with Crippen molar-refractivity contribution in [3.8, 4) is 0 Å². The molecule has 0 saturated carbocycles. The average Bonchev–Trinajstić information content (AvgIpc) is 3.16. The number of carbonyl (C=O) groups is 2. The monoisotopic (exact) mass is 767 g/mol. The van der Waals surface area contributed by atoms with Gasteiger partial charge in [-0.15, -0.1) is 0 Å². The smallest absolute Gasteiger partial charge is 0.305 e. The number of esters is 2. The highest BCUT2D eigenvalue weighted by molar-refractivity contribution is 5.69. The molecule has 0 heterocycles. The lowest BCUT2D eigenvalue weighted by Gasteiger charge is -2.09. The maximum absolute atomic E-state index is 11.7. The standard InChI is InChI=1S/C40H78O13/c1-3-5-7-9-11-13-15-17-39(41)52-37-35-50-33-31-48-29-27-46-25-23-44-21-19-43-20-22-45-24-26-47-28-30-49-32-34-51-36-38-53-40(42)18-16-14-12-10-8-6-4-2/h3-38H2,1-2H3. The Morgan fingerprint density at radius 1 is 0.264 bits per heavy atom. The number of carbonyl (C=O) groups excluding carboxylic acids is 2. The van der Waals surface area contributed by atoms with E-state index in [1.807, 2.05) is 0 Å². The Hall–Kier alpha value is -1.42. The molecule has 0 N–H and O–H groups in total. The summed E-state index contributed by atoms with van der Waals surface area (Å²) in [5.74, 6) is -0.285. The average molecular weight is 767 g/mol. The van der Waals surface area contributed by atoms with E-state index in [-0.39, 0.29) is 25.2 Å². The van der Waals surface area contributed by atoms with E-state index in [2.05, 4.69) is 13.8 Å². The highest BCUT2D eigenvalue weighted by Gasteiger charge is 2.04. The predicted octanol–water partition coefficient (Wildman–Crippen LogP) is 6.50. The van der Waals surface area contributed by atoms with Gasteiger partial charge >= 0.3 is 11.9 Å². The Bertz CT molecular complexity index is 671. The summed E-state index contributed by atoms with van der Waals surface area (Å²) in [5, 5.41) is 0. The van der Waals surface area contributed by atoms with Crippen LogP contribution >= 0.6 is 0 Å². The highest BCUT2D eigenvalue weighted by atomic mass is 16.6. The van der Waals surface area contributed by atoms with Crippen molar-refractivity contribution in [2.24, 2.45) is 0 Å². The van der Waals surface area contributed by atoms with Gasteiger partial charge in [-0.25, -0.2) is 0 Å². The van der Waals surface area contributed by atoms with Crippen molar-refractivity contribution in [1.29, 1.82) is 0 Å². The summed E-state index contributed by atoms with van der Waals surface area (Å²) in [7, 11) is 0. The highest BCUT2D eigenvalue weighted by Crippen LogP contribution is 2.10. The SMILES string of the molecule is CCCCCCCCCC(=O)OCCOCCOCCOCCOCCOCCOCCOCCOCCOCCOC(=O)CCCCCCCCC. The van der Waals surface area contributed by atoms with Crippen LogP contribution in [-0.2, 0) is 61.7 Å². The molecule has 0 fully saturated rings. The molecule has 0 radical (unpaired) electrons. The predicted molar refractivity (Wildman–Crippen MR) is 205 cm³/mol. The van der Waals surface area contributed by atoms with Crippen LogP contribution in [0.3, 0.4) is 0 Å². The molecule has 0 aliphatic carbocycles. The molecule has 0 aromatic rings. The minimum absolute atomic E-state index is 0.142. The quantitative estimate of drug-likeness (QED) is 0.0493. The topological polar surface area (TPSA) is 136 Å². The fraction of sp³-hybridized carbons (Fsp3) is 0.950. The van der Waals surface area contributed by atoms with E-state index in [4.69, 9.17) is 52.1 Å². The molecule has 0 spiro atoms. The largest absolute Gasteiger partial charge is 0.463 e. The van der Waals surface area contributed by atoms with Gasteiger partial charge in [-0.3, -0.25) is 9.59 Å². The third kappa shape index (κ3) is 46.7. The molecule has 0 amide bonds. The van der Waals surface area contributed by atoms with Crippen LogP contribution in [-0.4, -0.2) is 144 Å². The normalized spacial score (nSPS) is 11.4. The van der Waals surface area contributed by atoms with Gasteiger partial charge in [0.25, 0.3) is 0 Å². The lowest BCUT2D eigenvalue weighted by Crippen LogP contribution is -2.15. The summed E-state index contributed by atoms with van der Waals surface area (Å²) in [6, 6.07) is 0. The van der Waals surface area contributed by atoms with Crippen LogP contribution in [0.4, 0.5) is 0 Å². The molecule has 0 aromatic heterocycles. The first-order valence-corrected chi connectivity index (χ1v) is 20.7. The molecule has 13 nitrogen and oxygen atoms in total. The molecule has 0 aromatic carbocycles. The molecular formula is C40H78O13. The zero-order valence-electron chi connectivity index (χ0n) is 33.8. The van der Waals surface area contributed by atoms with Crippen LogP contribution < -0.4 is 0 Å². The first-order valence-electron chi connectivity index (χ1n) is 20.7. The van der Waals surface area contributed by atoms with Crippen LogP contribution in [0, 0.1) is 0 Å². The van der Waals surface area contributed by atoms with Crippen LogP contribution in [0.2, 0.25) is 0 Å². The Kier molecular flexibility index (Phi) is 45.5. The zero-order valence-corrected chi connectivity index (χ0v) is 33.8. The zero-order chi connectivity index (χ0) is 38.4. The van der Waals surface area contributed by atoms with E-state index in [0.717, 1.165) is 25.7 Å². The van der Waals surface area contributed by atoms with Gasteiger partial charge in [-0.05, 0) is 12.8 Å². The van der Waals surface area contributed by atoms with Crippen molar-refractivity contribution in [2.75, 3.05) is 132 Å². The number of ether oxygens (including phenoxy) is 11. The van der Waals surface area contributed by atoms with Crippen molar-refractivity contribution >= 4 is 11.9 Å². The molecule has 0 atom stereocenters.